The van der Waals surface area contributed by atoms with Crippen molar-refractivity contribution in [3.63, 3.8) is 0 Å². The third-order valence-electron chi connectivity index (χ3n) is 3.28. The number of carboxylic acid groups (broad SMARTS) is 2. The van der Waals surface area contributed by atoms with Gasteiger partial charge in [0.25, 0.3) is 0 Å². The fraction of sp³-hybridized carbons (Fsp3) is 0.833. The van der Waals surface area contributed by atoms with Crippen LogP contribution in [0.15, 0.2) is 0 Å². The number of hydrogen-bond acceptors (Lipinski definition) is 4. The Balaban J connectivity index is 0.000000343. The molecule has 0 aromatic heterocycles. The zero-order valence-corrected chi connectivity index (χ0v) is 12.6. The van der Waals surface area contributed by atoms with Crippen molar-refractivity contribution in [2.75, 3.05) is 13.1 Å². The van der Waals surface area contributed by atoms with Crippen LogP contribution in [0.4, 0.5) is 26.3 Å². The standard InChI is InChI=1S/C8H16N2.2C2HF3O2/c1-8(3-2-4-8)10-7-5-9-6-7;2*3-2(4,5)1(6)7/h7,9-10H,2-6H2,1H3;2*(H,6,7). The number of rotatable bonds is 2. The number of halogens is 6. The molecule has 1 saturated heterocycles. The van der Waals surface area contributed by atoms with Gasteiger partial charge >= 0.3 is 24.3 Å². The summed E-state index contributed by atoms with van der Waals surface area (Å²) in [4.78, 5) is 17.8. The molecule has 2 aliphatic rings. The van der Waals surface area contributed by atoms with Crippen LogP contribution < -0.4 is 10.6 Å². The summed E-state index contributed by atoms with van der Waals surface area (Å²) in [5.41, 5.74) is 0.507. The molecule has 6 nitrogen and oxygen atoms in total. The van der Waals surface area contributed by atoms with Crippen LogP contribution in [0, 0.1) is 0 Å². The van der Waals surface area contributed by atoms with E-state index in [0.717, 1.165) is 6.04 Å². The summed E-state index contributed by atoms with van der Waals surface area (Å²) >= 11 is 0. The normalized spacial score (nSPS) is 19.5. The van der Waals surface area contributed by atoms with E-state index in [1.165, 1.54) is 32.4 Å². The van der Waals surface area contributed by atoms with E-state index in [4.69, 9.17) is 19.8 Å². The lowest BCUT2D eigenvalue weighted by Crippen LogP contribution is -2.63. The van der Waals surface area contributed by atoms with Gasteiger partial charge in [0.15, 0.2) is 0 Å². The van der Waals surface area contributed by atoms with Crippen molar-refractivity contribution in [3.8, 4) is 0 Å². The molecular formula is C12H18F6N2O4. The van der Waals surface area contributed by atoms with Gasteiger partial charge < -0.3 is 20.8 Å². The van der Waals surface area contributed by atoms with E-state index >= 15 is 0 Å². The van der Waals surface area contributed by atoms with Crippen LogP contribution in [0.1, 0.15) is 26.2 Å². The molecule has 0 atom stereocenters. The predicted molar refractivity (Wildman–Crippen MR) is 69.4 cm³/mol. The van der Waals surface area contributed by atoms with Gasteiger partial charge in [-0.25, -0.2) is 9.59 Å². The first-order chi connectivity index (χ1) is 10.7. The maximum absolute atomic E-state index is 10.6. The third kappa shape index (κ3) is 8.91. The highest BCUT2D eigenvalue weighted by atomic mass is 19.4. The maximum atomic E-state index is 10.6. The molecule has 1 heterocycles. The summed E-state index contributed by atoms with van der Waals surface area (Å²) in [6, 6.07) is 0.769. The number of carbonyl (C=O) groups is 2. The molecule has 4 N–H and O–H groups in total. The lowest BCUT2D eigenvalue weighted by atomic mass is 9.78. The first-order valence-electron chi connectivity index (χ1n) is 6.76. The minimum absolute atomic E-state index is 0.507. The Morgan fingerprint density at radius 1 is 1.00 bits per heavy atom. The molecule has 12 heteroatoms. The minimum Gasteiger partial charge on any atom is -0.475 e. The average Bonchev–Trinajstić information content (AvgIpc) is 2.31. The molecule has 1 saturated carbocycles. The highest BCUT2D eigenvalue weighted by Crippen LogP contribution is 2.31. The number of carboxylic acids is 2. The summed E-state index contributed by atoms with van der Waals surface area (Å²) in [5.74, 6) is -5.51. The van der Waals surface area contributed by atoms with Crippen molar-refractivity contribution in [2.24, 2.45) is 0 Å². The molecule has 0 radical (unpaired) electrons. The van der Waals surface area contributed by atoms with Crippen LogP contribution in [0.5, 0.6) is 0 Å². The van der Waals surface area contributed by atoms with Crippen molar-refractivity contribution in [2.45, 2.75) is 50.1 Å². The van der Waals surface area contributed by atoms with Crippen molar-refractivity contribution in [3.05, 3.63) is 0 Å². The Morgan fingerprint density at radius 3 is 1.46 bits per heavy atom. The van der Waals surface area contributed by atoms with Gasteiger partial charge in [0.05, 0.1) is 0 Å². The fourth-order valence-corrected chi connectivity index (χ4v) is 1.73. The maximum Gasteiger partial charge on any atom is 0.490 e. The molecule has 24 heavy (non-hydrogen) atoms. The SMILES string of the molecule is CC1(NC2CNC2)CCC1.O=C(O)C(F)(F)F.O=C(O)C(F)(F)F. The Kier molecular flexibility index (Phi) is 7.96. The Labute approximate surface area is 133 Å². The summed E-state index contributed by atoms with van der Waals surface area (Å²) in [5, 5.41) is 21.2. The fourth-order valence-electron chi connectivity index (χ4n) is 1.73. The van der Waals surface area contributed by atoms with Crippen LogP contribution in [0.25, 0.3) is 0 Å². The molecule has 2 rings (SSSR count). The second-order valence-electron chi connectivity index (χ2n) is 5.52. The summed E-state index contributed by atoms with van der Waals surface area (Å²) in [6.07, 6.45) is -5.99. The van der Waals surface area contributed by atoms with E-state index in [1.807, 2.05) is 0 Å². The van der Waals surface area contributed by atoms with Gasteiger partial charge in [-0.1, -0.05) is 0 Å². The molecule has 0 bridgehead atoms. The van der Waals surface area contributed by atoms with E-state index in [-0.39, 0.29) is 0 Å². The molecule has 2 fully saturated rings. The number of nitrogens with one attached hydrogen (secondary N) is 2. The highest BCUT2D eigenvalue weighted by molar-refractivity contribution is 5.73. The number of aliphatic carboxylic acids is 2. The Morgan fingerprint density at radius 2 is 1.33 bits per heavy atom. The Hall–Kier alpha value is -1.56. The summed E-state index contributed by atoms with van der Waals surface area (Å²) in [6.45, 7) is 4.69. The van der Waals surface area contributed by atoms with Crippen molar-refractivity contribution in [1.29, 1.82) is 0 Å². The minimum atomic E-state index is -5.08. The number of alkyl halides is 6. The Bertz CT molecular complexity index is 406. The zero-order valence-electron chi connectivity index (χ0n) is 12.6. The monoisotopic (exact) mass is 368 g/mol. The van der Waals surface area contributed by atoms with E-state index in [0.29, 0.717) is 5.54 Å². The van der Waals surface area contributed by atoms with Crippen LogP contribution in [-0.4, -0.2) is 59.2 Å². The molecule has 1 aliphatic carbocycles. The van der Waals surface area contributed by atoms with Crippen molar-refractivity contribution >= 4 is 11.9 Å². The zero-order chi connectivity index (χ0) is 19.2. The second-order valence-corrected chi connectivity index (χ2v) is 5.52. The lowest BCUT2D eigenvalue weighted by Gasteiger charge is -2.45. The van der Waals surface area contributed by atoms with Gasteiger partial charge in [0.1, 0.15) is 0 Å². The van der Waals surface area contributed by atoms with Crippen LogP contribution >= 0.6 is 0 Å². The first-order valence-corrected chi connectivity index (χ1v) is 6.76. The molecule has 0 aromatic rings. The first kappa shape index (κ1) is 22.4. The summed E-state index contributed by atoms with van der Waals surface area (Å²) < 4.78 is 63.5. The number of hydrogen-bond donors (Lipinski definition) is 4. The third-order valence-corrected chi connectivity index (χ3v) is 3.28. The molecule has 142 valence electrons. The average molecular weight is 368 g/mol. The molecular weight excluding hydrogens is 350 g/mol. The van der Waals surface area contributed by atoms with E-state index in [1.54, 1.807) is 0 Å². The van der Waals surface area contributed by atoms with Crippen molar-refractivity contribution in [1.82, 2.24) is 10.6 Å². The predicted octanol–water partition coefficient (Wildman–Crippen LogP) is 1.76. The van der Waals surface area contributed by atoms with Crippen LogP contribution in [0.3, 0.4) is 0 Å². The second kappa shape index (κ2) is 8.51. The molecule has 0 unspecified atom stereocenters. The van der Waals surface area contributed by atoms with Crippen LogP contribution in [0.2, 0.25) is 0 Å². The topological polar surface area (TPSA) is 98.7 Å². The van der Waals surface area contributed by atoms with E-state index in [9.17, 15) is 26.3 Å². The lowest BCUT2D eigenvalue weighted by molar-refractivity contribution is -0.193. The van der Waals surface area contributed by atoms with Gasteiger partial charge in [-0.15, -0.1) is 0 Å². The highest BCUT2D eigenvalue weighted by Gasteiger charge is 2.39. The summed E-state index contributed by atoms with van der Waals surface area (Å²) in [7, 11) is 0. The van der Waals surface area contributed by atoms with Crippen molar-refractivity contribution < 1.29 is 46.1 Å². The van der Waals surface area contributed by atoms with Crippen LogP contribution in [-0.2, 0) is 9.59 Å². The smallest absolute Gasteiger partial charge is 0.475 e. The largest absolute Gasteiger partial charge is 0.490 e. The van der Waals surface area contributed by atoms with E-state index < -0.39 is 24.3 Å². The van der Waals surface area contributed by atoms with E-state index in [2.05, 4.69) is 17.6 Å². The van der Waals surface area contributed by atoms with Gasteiger partial charge in [-0.05, 0) is 26.2 Å². The molecule has 0 spiro atoms. The van der Waals surface area contributed by atoms with Gasteiger partial charge in [-0.3, -0.25) is 0 Å². The van der Waals surface area contributed by atoms with Gasteiger partial charge in [0, 0.05) is 24.7 Å². The molecule has 0 aromatic carbocycles. The molecule has 1 aliphatic heterocycles. The molecule has 0 amide bonds. The van der Waals surface area contributed by atoms with Gasteiger partial charge in [0.2, 0.25) is 0 Å². The van der Waals surface area contributed by atoms with Gasteiger partial charge in [-0.2, -0.15) is 26.3 Å². The quantitative estimate of drug-likeness (QED) is 0.555.